The third-order valence-corrected chi connectivity index (χ3v) is 3.18. The summed E-state index contributed by atoms with van der Waals surface area (Å²) in [5.41, 5.74) is -1.10. The first-order chi connectivity index (χ1) is 12.8. The van der Waals surface area contributed by atoms with E-state index >= 15 is 0 Å². The van der Waals surface area contributed by atoms with Crippen LogP contribution in [-0.4, -0.2) is 101 Å². The Morgan fingerprint density at radius 1 is 0.690 bits per heavy atom. The van der Waals surface area contributed by atoms with Gasteiger partial charge in [0.2, 0.25) is 0 Å². The number of aromatic carboxylic acids is 3. The molecule has 0 aromatic heterocycles. The van der Waals surface area contributed by atoms with E-state index in [-0.39, 0.29) is 33.2 Å². The number of hydrogen-bond acceptors (Lipinski definition) is 9. The summed E-state index contributed by atoms with van der Waals surface area (Å²) in [6.45, 7) is -0.843. The number of carbonyl (C=O) groups is 4. The predicted molar refractivity (Wildman–Crippen MR) is 86.1 cm³/mol. The second-order valence-corrected chi connectivity index (χ2v) is 5.23. The number of aliphatic hydroxyl groups is 5. The fraction of sp³-hybridized carbons (Fsp3) is 0.333. The van der Waals surface area contributed by atoms with Gasteiger partial charge in [-0.15, -0.1) is 0 Å². The molecule has 9 N–H and O–H groups in total. The van der Waals surface area contributed by atoms with Crippen molar-refractivity contribution in [2.75, 3.05) is 6.61 Å². The monoisotopic (exact) mass is 464 g/mol. The smallest absolute Gasteiger partial charge is 0.335 e. The summed E-state index contributed by atoms with van der Waals surface area (Å²) in [6, 6.07) is 2.70. The van der Waals surface area contributed by atoms with E-state index in [0.717, 1.165) is 18.2 Å². The quantitative estimate of drug-likeness (QED) is 0.177. The van der Waals surface area contributed by atoms with E-state index in [9.17, 15) is 19.2 Å². The van der Waals surface area contributed by atoms with Gasteiger partial charge in [-0.3, -0.25) is 0 Å². The van der Waals surface area contributed by atoms with E-state index in [1.54, 1.807) is 0 Å². The predicted octanol–water partition coefficient (Wildman–Crippen LogP) is -2.71. The van der Waals surface area contributed by atoms with Crippen LogP contribution in [0.4, 0.5) is 0 Å². The average molecular weight is 465 g/mol. The van der Waals surface area contributed by atoms with Crippen molar-refractivity contribution < 1.29 is 81.6 Å². The van der Waals surface area contributed by atoms with E-state index in [0.29, 0.717) is 0 Å². The van der Waals surface area contributed by atoms with Crippen LogP contribution in [0.15, 0.2) is 18.2 Å². The van der Waals surface area contributed by atoms with Crippen molar-refractivity contribution in [1.82, 2.24) is 0 Å². The molecule has 1 aromatic carbocycles. The molecule has 0 radical (unpaired) electrons. The number of aliphatic hydroxyl groups excluding tert-OH is 5. The van der Waals surface area contributed by atoms with E-state index in [4.69, 9.17) is 46.0 Å². The summed E-state index contributed by atoms with van der Waals surface area (Å²) >= 11 is 0. The number of carboxylic acids is 4. The fourth-order valence-corrected chi connectivity index (χ4v) is 1.67. The molecule has 0 aliphatic carbocycles. The molecule has 0 aliphatic rings. The first kappa shape index (κ1) is 28.6. The molecule has 4 atom stereocenters. The molecule has 0 saturated carbocycles. The maximum Gasteiger partial charge on any atom is 0.335 e. The number of rotatable bonds is 8. The second kappa shape index (κ2) is 12.8. The van der Waals surface area contributed by atoms with Crippen LogP contribution < -0.4 is 0 Å². The molecular formula is C15H18NiO13. The third-order valence-electron chi connectivity index (χ3n) is 3.18. The van der Waals surface area contributed by atoms with Gasteiger partial charge in [-0.1, -0.05) is 0 Å². The Kier molecular flexibility index (Phi) is 12.6. The van der Waals surface area contributed by atoms with Crippen molar-refractivity contribution in [3.8, 4) is 0 Å². The van der Waals surface area contributed by atoms with Crippen molar-refractivity contribution in [3.05, 3.63) is 34.9 Å². The van der Waals surface area contributed by atoms with Gasteiger partial charge in [0.25, 0.3) is 0 Å². The van der Waals surface area contributed by atoms with Crippen LogP contribution in [0.25, 0.3) is 0 Å². The molecule has 1 rings (SSSR count). The average Bonchev–Trinajstić information content (AvgIpc) is 2.65. The maximum absolute atomic E-state index is 10.6. The molecule has 4 unspecified atom stereocenters. The molecule has 1 aromatic rings. The van der Waals surface area contributed by atoms with Crippen molar-refractivity contribution in [2.45, 2.75) is 24.4 Å². The number of carboxylic acid groups (broad SMARTS) is 4. The molecule has 0 amide bonds. The molecule has 0 heterocycles. The van der Waals surface area contributed by atoms with Crippen LogP contribution in [-0.2, 0) is 21.3 Å². The van der Waals surface area contributed by atoms with Crippen LogP contribution >= 0.6 is 0 Å². The van der Waals surface area contributed by atoms with Gasteiger partial charge >= 0.3 is 23.9 Å². The van der Waals surface area contributed by atoms with Gasteiger partial charge in [0.15, 0.2) is 6.10 Å². The number of hydrogen-bond donors (Lipinski definition) is 9. The van der Waals surface area contributed by atoms with Crippen molar-refractivity contribution >= 4 is 23.9 Å². The van der Waals surface area contributed by atoms with Crippen LogP contribution in [0.1, 0.15) is 31.1 Å². The summed E-state index contributed by atoms with van der Waals surface area (Å²) in [7, 11) is 0. The minimum atomic E-state index is -2.20. The largest absolute Gasteiger partial charge is 0.479 e. The molecular weight excluding hydrogens is 447 g/mol. The second-order valence-electron chi connectivity index (χ2n) is 5.23. The summed E-state index contributed by atoms with van der Waals surface area (Å²) < 4.78 is 0. The standard InChI is InChI=1S/C9H6O6.C6H12O7.Ni/c10-7(11)4-1-5(8(12)13)3-6(2-4)9(14)15;7-1-2(8)3(9)4(10)5(11)6(12)13;/h1-3H,(H,10,11)(H,12,13)(H,14,15);2-5,7-11H,1H2,(H,12,13);. The van der Waals surface area contributed by atoms with Crippen molar-refractivity contribution in [2.24, 2.45) is 0 Å². The number of benzene rings is 1. The van der Waals surface area contributed by atoms with E-state index in [1.165, 1.54) is 0 Å². The van der Waals surface area contributed by atoms with E-state index < -0.39 is 54.9 Å². The van der Waals surface area contributed by atoms with Gasteiger partial charge in [-0.25, -0.2) is 19.2 Å². The van der Waals surface area contributed by atoms with Crippen molar-refractivity contribution in [1.29, 1.82) is 0 Å². The van der Waals surface area contributed by atoms with Crippen LogP contribution in [0.2, 0.25) is 0 Å². The summed E-state index contributed by atoms with van der Waals surface area (Å²) in [6.07, 6.45) is -7.84. The first-order valence-corrected chi connectivity index (χ1v) is 7.24. The Morgan fingerprint density at radius 2 is 1.00 bits per heavy atom. The van der Waals surface area contributed by atoms with Crippen molar-refractivity contribution in [3.63, 3.8) is 0 Å². The Balaban J connectivity index is 0. The fourth-order valence-electron chi connectivity index (χ4n) is 1.67. The summed E-state index contributed by atoms with van der Waals surface area (Å²) in [5, 5.41) is 77.6. The Bertz CT molecular complexity index is 656. The van der Waals surface area contributed by atoms with E-state index in [1.807, 2.05) is 0 Å². The minimum absolute atomic E-state index is 0. The van der Waals surface area contributed by atoms with Gasteiger partial charge in [0, 0.05) is 16.5 Å². The number of aliphatic carboxylic acids is 1. The van der Waals surface area contributed by atoms with E-state index in [2.05, 4.69) is 0 Å². The SMILES string of the molecule is O=C(O)C(O)C(O)C(O)C(O)CO.O=C(O)c1cc(C(=O)O)cc(C(=O)O)c1.[Ni]. The summed E-state index contributed by atoms with van der Waals surface area (Å²) in [4.78, 5) is 41.8. The molecule has 29 heavy (non-hydrogen) atoms. The summed E-state index contributed by atoms with van der Waals surface area (Å²) in [5.74, 6) is -5.85. The molecule has 0 spiro atoms. The van der Waals surface area contributed by atoms with Gasteiger partial charge in [0.1, 0.15) is 18.3 Å². The Hall–Kier alpha value is -2.61. The van der Waals surface area contributed by atoms with Crippen LogP contribution in [0, 0.1) is 0 Å². The maximum atomic E-state index is 10.6. The molecule has 0 fully saturated rings. The molecule has 0 bridgehead atoms. The third kappa shape index (κ3) is 8.95. The van der Waals surface area contributed by atoms with Gasteiger partial charge in [-0.2, -0.15) is 0 Å². The molecule has 0 saturated heterocycles. The van der Waals surface area contributed by atoms with Gasteiger partial charge in [-0.05, 0) is 18.2 Å². The molecule has 14 heteroatoms. The zero-order chi connectivity index (χ0) is 22.2. The first-order valence-electron chi connectivity index (χ1n) is 7.24. The normalized spacial score (nSPS) is 14.1. The van der Waals surface area contributed by atoms with Gasteiger partial charge in [0.05, 0.1) is 23.3 Å². The van der Waals surface area contributed by atoms with Crippen LogP contribution in [0.5, 0.6) is 0 Å². The Labute approximate surface area is 172 Å². The topological polar surface area (TPSA) is 250 Å². The minimum Gasteiger partial charge on any atom is -0.479 e. The zero-order valence-corrected chi connectivity index (χ0v) is 15.2. The Morgan fingerprint density at radius 3 is 1.21 bits per heavy atom. The zero-order valence-electron chi connectivity index (χ0n) is 14.2. The van der Waals surface area contributed by atoms with Gasteiger partial charge < -0.3 is 46.0 Å². The molecule has 0 aliphatic heterocycles. The van der Waals surface area contributed by atoms with Crippen LogP contribution in [0.3, 0.4) is 0 Å². The molecule has 166 valence electrons. The molecule has 13 nitrogen and oxygen atoms in total.